The van der Waals surface area contributed by atoms with E-state index in [0.29, 0.717) is 47.1 Å². The Hall–Kier alpha value is -6.04. The molecule has 0 aliphatic heterocycles. The first-order valence-electron chi connectivity index (χ1n) is 15.4. The zero-order chi connectivity index (χ0) is 33.4. The van der Waals surface area contributed by atoms with Gasteiger partial charge < -0.3 is 18.3 Å². The molecule has 0 saturated carbocycles. The molecule has 0 amide bonds. The summed E-state index contributed by atoms with van der Waals surface area (Å²) in [6.07, 6.45) is 3.60. The summed E-state index contributed by atoms with van der Waals surface area (Å²) in [4.78, 5) is 24.4. The van der Waals surface area contributed by atoms with Crippen LogP contribution in [0.3, 0.4) is 0 Å². The topological polar surface area (TPSA) is 140 Å². The van der Waals surface area contributed by atoms with Crippen LogP contribution in [-0.2, 0) is 26.3 Å². The zero-order valence-electron chi connectivity index (χ0n) is 26.9. The van der Waals surface area contributed by atoms with E-state index in [9.17, 15) is 9.59 Å². The summed E-state index contributed by atoms with van der Waals surface area (Å²) in [5.41, 5.74) is 7.38. The van der Waals surface area contributed by atoms with E-state index < -0.39 is 11.3 Å². The second-order valence-electron chi connectivity index (χ2n) is 12.0. The average molecular weight is 645 g/mol. The number of aromatic nitrogens is 6. The number of fused-ring (bicyclic) bond motifs is 2. The van der Waals surface area contributed by atoms with Crippen LogP contribution in [0.4, 0.5) is 0 Å². The van der Waals surface area contributed by atoms with E-state index in [2.05, 4.69) is 32.8 Å². The molecule has 0 bridgehead atoms. The Morgan fingerprint density at radius 3 is 1.44 bits per heavy atom. The van der Waals surface area contributed by atoms with Crippen LogP contribution < -0.4 is 20.7 Å². The van der Waals surface area contributed by atoms with Gasteiger partial charge in [-0.15, -0.1) is 10.2 Å². The Balaban J connectivity index is 0.941. The molecule has 0 fully saturated rings. The smallest absolute Gasteiger partial charge is 0.336 e. The molecule has 12 heteroatoms. The third-order valence-electron chi connectivity index (χ3n) is 7.97. The highest BCUT2D eigenvalue weighted by Crippen LogP contribution is 2.25. The van der Waals surface area contributed by atoms with Crippen LogP contribution >= 0.6 is 0 Å². The minimum atomic E-state index is -0.399. The molecule has 242 valence electrons. The molecule has 0 aliphatic carbocycles. The SMILES string of the molecule is Cc1cc(C)c2c(Cn3cc(COc4ccc(OCc5cn(Cc6cc(=O)oc7cc(C)cc(C)c67)nn5)cc4)nn3)cc(=O)oc2c1. The quantitative estimate of drug-likeness (QED) is 0.174. The van der Waals surface area contributed by atoms with E-state index in [1.807, 2.05) is 64.1 Å². The van der Waals surface area contributed by atoms with Crippen molar-refractivity contribution >= 4 is 21.9 Å². The first-order chi connectivity index (χ1) is 23.2. The van der Waals surface area contributed by atoms with Gasteiger partial charge in [0.1, 0.15) is 47.3 Å². The third kappa shape index (κ3) is 6.59. The largest absolute Gasteiger partial charge is 0.487 e. The van der Waals surface area contributed by atoms with Crippen LogP contribution in [0.2, 0.25) is 0 Å². The molecule has 3 aromatic carbocycles. The predicted octanol–water partition coefficient (Wildman–Crippen LogP) is 5.57. The Morgan fingerprint density at radius 2 is 1.02 bits per heavy atom. The van der Waals surface area contributed by atoms with Crippen molar-refractivity contribution in [3.63, 3.8) is 0 Å². The predicted molar refractivity (Wildman–Crippen MR) is 177 cm³/mol. The lowest BCUT2D eigenvalue weighted by atomic mass is 10.0. The van der Waals surface area contributed by atoms with E-state index >= 15 is 0 Å². The molecule has 4 aromatic heterocycles. The first kappa shape index (κ1) is 30.6. The van der Waals surface area contributed by atoms with Gasteiger partial charge in [-0.05, 0) is 97.5 Å². The Bertz CT molecular complexity index is 2240. The fourth-order valence-electron chi connectivity index (χ4n) is 6.05. The van der Waals surface area contributed by atoms with Crippen LogP contribution in [0.25, 0.3) is 21.9 Å². The van der Waals surface area contributed by atoms with E-state index in [1.54, 1.807) is 21.8 Å². The van der Waals surface area contributed by atoms with E-state index in [4.69, 9.17) is 18.3 Å². The Kier molecular flexibility index (Phi) is 8.05. The lowest BCUT2D eigenvalue weighted by molar-refractivity contribution is 0.292. The number of rotatable bonds is 10. The highest BCUT2D eigenvalue weighted by molar-refractivity contribution is 5.85. The second kappa shape index (κ2) is 12.6. The van der Waals surface area contributed by atoms with Gasteiger partial charge in [0.15, 0.2) is 0 Å². The molecule has 0 radical (unpaired) electrons. The maximum atomic E-state index is 12.2. The minimum Gasteiger partial charge on any atom is -0.487 e. The molecule has 4 heterocycles. The minimum absolute atomic E-state index is 0.219. The summed E-state index contributed by atoms with van der Waals surface area (Å²) < 4.78 is 26.1. The lowest BCUT2D eigenvalue weighted by Crippen LogP contribution is -2.07. The van der Waals surface area contributed by atoms with Gasteiger partial charge in [0.05, 0.1) is 25.5 Å². The van der Waals surface area contributed by atoms with Crippen molar-refractivity contribution < 1.29 is 18.3 Å². The molecule has 0 aliphatic rings. The zero-order valence-corrected chi connectivity index (χ0v) is 26.9. The van der Waals surface area contributed by atoms with Crippen LogP contribution in [0.15, 0.2) is 91.5 Å². The summed E-state index contributed by atoms with van der Waals surface area (Å²) in [5.74, 6) is 1.29. The lowest BCUT2D eigenvalue weighted by Gasteiger charge is -2.09. The molecule has 0 atom stereocenters. The molecule has 12 nitrogen and oxygen atoms in total. The van der Waals surface area contributed by atoms with Crippen LogP contribution in [0.1, 0.15) is 44.8 Å². The van der Waals surface area contributed by atoms with Crippen molar-refractivity contribution in [2.45, 2.75) is 54.0 Å². The monoisotopic (exact) mass is 644 g/mol. The Labute approximate surface area is 274 Å². The number of hydrogen-bond donors (Lipinski definition) is 0. The van der Waals surface area contributed by atoms with Gasteiger partial charge in [0.25, 0.3) is 0 Å². The summed E-state index contributed by atoms with van der Waals surface area (Å²) in [6.45, 7) is 9.12. The number of hydrogen-bond acceptors (Lipinski definition) is 10. The number of aryl methyl sites for hydroxylation is 4. The third-order valence-corrected chi connectivity index (χ3v) is 7.97. The standard InChI is InChI=1S/C36H32N6O6/c1-21-9-23(3)35-25(13-33(43)47-31(35)11-21)15-41-17-27(37-39-41)19-45-29-5-7-30(8-6-29)46-20-28-18-42(40-38-28)16-26-14-34(44)48-32-12-22(2)10-24(4)36(26)32/h5-14,17-18H,15-16,19-20H2,1-4H3. The van der Waals surface area contributed by atoms with Gasteiger partial charge in [-0.1, -0.05) is 22.6 Å². The molecule has 7 aromatic rings. The Morgan fingerprint density at radius 1 is 0.604 bits per heavy atom. The second-order valence-corrected chi connectivity index (χ2v) is 12.0. The van der Waals surface area contributed by atoms with Gasteiger partial charge in [-0.25, -0.2) is 19.0 Å². The van der Waals surface area contributed by atoms with Gasteiger partial charge >= 0.3 is 11.3 Å². The van der Waals surface area contributed by atoms with Crippen molar-refractivity contribution in [1.82, 2.24) is 30.0 Å². The van der Waals surface area contributed by atoms with E-state index in [1.165, 1.54) is 12.1 Å². The van der Waals surface area contributed by atoms with Gasteiger partial charge in [0, 0.05) is 22.9 Å². The van der Waals surface area contributed by atoms with Crippen LogP contribution in [0.5, 0.6) is 11.5 Å². The fourth-order valence-corrected chi connectivity index (χ4v) is 6.05. The van der Waals surface area contributed by atoms with Crippen molar-refractivity contribution in [2.24, 2.45) is 0 Å². The summed E-state index contributed by atoms with van der Waals surface area (Å²) in [7, 11) is 0. The van der Waals surface area contributed by atoms with E-state index in [-0.39, 0.29) is 13.2 Å². The van der Waals surface area contributed by atoms with Crippen molar-refractivity contribution in [2.75, 3.05) is 0 Å². The maximum Gasteiger partial charge on any atom is 0.336 e. The average Bonchev–Trinajstić information content (AvgIpc) is 3.67. The van der Waals surface area contributed by atoms with Crippen LogP contribution in [0, 0.1) is 27.7 Å². The summed E-state index contributed by atoms with van der Waals surface area (Å²) >= 11 is 0. The maximum absolute atomic E-state index is 12.2. The summed E-state index contributed by atoms with van der Waals surface area (Å²) in [6, 6.07) is 18.1. The molecule has 0 spiro atoms. The van der Waals surface area contributed by atoms with Gasteiger partial charge in [0.2, 0.25) is 0 Å². The van der Waals surface area contributed by atoms with Crippen molar-refractivity contribution in [3.8, 4) is 11.5 Å². The number of nitrogens with zero attached hydrogens (tertiary/aromatic N) is 6. The molecular weight excluding hydrogens is 612 g/mol. The van der Waals surface area contributed by atoms with Crippen LogP contribution in [-0.4, -0.2) is 30.0 Å². The van der Waals surface area contributed by atoms with Crippen molar-refractivity contribution in [3.05, 3.63) is 139 Å². The molecular formula is C36H32N6O6. The highest BCUT2D eigenvalue weighted by atomic mass is 16.5. The molecule has 7 rings (SSSR count). The fraction of sp³-hybridized carbons (Fsp3) is 0.222. The number of benzene rings is 3. The molecule has 0 saturated heterocycles. The highest BCUT2D eigenvalue weighted by Gasteiger charge is 2.13. The number of ether oxygens (including phenoxy) is 2. The van der Waals surface area contributed by atoms with Gasteiger partial charge in [-0.3, -0.25) is 0 Å². The molecule has 48 heavy (non-hydrogen) atoms. The first-order valence-corrected chi connectivity index (χ1v) is 15.4. The van der Waals surface area contributed by atoms with Crippen molar-refractivity contribution in [1.29, 1.82) is 0 Å². The summed E-state index contributed by atoms with van der Waals surface area (Å²) in [5, 5.41) is 18.7. The molecule has 0 unspecified atom stereocenters. The van der Waals surface area contributed by atoms with E-state index in [0.717, 1.165) is 44.2 Å². The van der Waals surface area contributed by atoms with Gasteiger partial charge in [-0.2, -0.15) is 0 Å². The normalized spacial score (nSPS) is 11.4. The molecule has 0 N–H and O–H groups in total.